The number of hydrogen-bond acceptors (Lipinski definition) is 4. The first-order valence-electron chi connectivity index (χ1n) is 5.72. The van der Waals surface area contributed by atoms with Gasteiger partial charge in [-0.1, -0.05) is 5.16 Å². The summed E-state index contributed by atoms with van der Waals surface area (Å²) in [6, 6.07) is 3.99. The Morgan fingerprint density at radius 2 is 2.00 bits per heavy atom. The molecule has 0 saturated heterocycles. The van der Waals surface area contributed by atoms with Crippen LogP contribution >= 0.6 is 0 Å². The van der Waals surface area contributed by atoms with E-state index in [1.54, 1.807) is 17.8 Å². The van der Waals surface area contributed by atoms with Gasteiger partial charge in [-0.2, -0.15) is 5.10 Å². The summed E-state index contributed by atoms with van der Waals surface area (Å²) in [4.78, 5) is 4.46. The van der Waals surface area contributed by atoms with Gasteiger partial charge in [0.25, 0.3) is 0 Å². The molecule has 0 spiro atoms. The second kappa shape index (κ2) is 4.60. The van der Waals surface area contributed by atoms with E-state index in [1.807, 2.05) is 32.9 Å². The van der Waals surface area contributed by atoms with Crippen LogP contribution in [0.25, 0.3) is 5.82 Å². The third-order valence-corrected chi connectivity index (χ3v) is 2.85. The van der Waals surface area contributed by atoms with Crippen molar-refractivity contribution in [1.82, 2.24) is 14.8 Å². The van der Waals surface area contributed by atoms with Crippen molar-refractivity contribution in [3.63, 3.8) is 0 Å². The molecule has 0 unspecified atom stereocenters. The van der Waals surface area contributed by atoms with Crippen LogP contribution in [-0.2, 0) is 0 Å². The number of pyridine rings is 1. The van der Waals surface area contributed by atoms with Crippen LogP contribution in [0.1, 0.15) is 29.4 Å². The Morgan fingerprint density at radius 3 is 2.61 bits per heavy atom. The molecule has 0 amide bonds. The molecule has 2 aromatic rings. The number of rotatable bonds is 2. The molecule has 2 heterocycles. The molecule has 2 rings (SSSR count). The lowest BCUT2D eigenvalue weighted by atomic mass is 10.2. The molecule has 0 saturated carbocycles. The van der Waals surface area contributed by atoms with Crippen LogP contribution in [0.5, 0.6) is 0 Å². The number of nitrogens with zero attached hydrogens (tertiary/aromatic N) is 4. The van der Waals surface area contributed by atoms with Crippen molar-refractivity contribution >= 4 is 5.71 Å². The SMILES string of the molecule is C/C(=N/O)c1cnn(-c2cc(C)cc(C)n2)c1C. The van der Waals surface area contributed by atoms with Crippen molar-refractivity contribution in [1.29, 1.82) is 0 Å². The predicted octanol–water partition coefficient (Wildman–Crippen LogP) is 2.39. The molecule has 0 aromatic carbocycles. The standard InChI is InChI=1S/C13H16N4O/c1-8-5-9(2)15-13(6-8)17-11(4)12(7-14-17)10(3)16-18/h5-7,18H,1-4H3/b16-10-. The zero-order chi connectivity index (χ0) is 13.3. The largest absolute Gasteiger partial charge is 0.411 e. The smallest absolute Gasteiger partial charge is 0.154 e. The van der Waals surface area contributed by atoms with Crippen LogP contribution in [0, 0.1) is 20.8 Å². The minimum Gasteiger partial charge on any atom is -0.411 e. The quantitative estimate of drug-likeness (QED) is 0.501. The lowest BCUT2D eigenvalue weighted by Crippen LogP contribution is -2.05. The lowest BCUT2D eigenvalue weighted by Gasteiger charge is -2.06. The fourth-order valence-electron chi connectivity index (χ4n) is 1.98. The molecule has 94 valence electrons. The van der Waals surface area contributed by atoms with Crippen molar-refractivity contribution < 1.29 is 5.21 Å². The van der Waals surface area contributed by atoms with Gasteiger partial charge in [-0.15, -0.1) is 0 Å². The highest BCUT2D eigenvalue weighted by atomic mass is 16.4. The molecule has 0 aliphatic heterocycles. The minimum atomic E-state index is 0.545. The zero-order valence-electron chi connectivity index (χ0n) is 11.0. The van der Waals surface area contributed by atoms with E-state index < -0.39 is 0 Å². The third-order valence-electron chi connectivity index (χ3n) is 2.85. The van der Waals surface area contributed by atoms with Crippen LogP contribution < -0.4 is 0 Å². The van der Waals surface area contributed by atoms with Crippen molar-refractivity contribution in [3.8, 4) is 5.82 Å². The first-order valence-corrected chi connectivity index (χ1v) is 5.72. The highest BCUT2D eigenvalue weighted by Gasteiger charge is 2.12. The van der Waals surface area contributed by atoms with Crippen LogP contribution in [0.15, 0.2) is 23.5 Å². The van der Waals surface area contributed by atoms with Gasteiger partial charge in [0.2, 0.25) is 0 Å². The normalized spacial score (nSPS) is 11.9. The fourth-order valence-corrected chi connectivity index (χ4v) is 1.98. The summed E-state index contributed by atoms with van der Waals surface area (Å²) in [5, 5.41) is 16.3. The van der Waals surface area contributed by atoms with Gasteiger partial charge in [0.05, 0.1) is 17.6 Å². The van der Waals surface area contributed by atoms with Crippen LogP contribution in [0.2, 0.25) is 0 Å². The summed E-state index contributed by atoms with van der Waals surface area (Å²) in [7, 11) is 0. The third kappa shape index (κ3) is 2.11. The van der Waals surface area contributed by atoms with E-state index in [0.717, 1.165) is 28.3 Å². The van der Waals surface area contributed by atoms with Crippen LogP contribution in [0.4, 0.5) is 0 Å². The number of hydrogen-bond donors (Lipinski definition) is 1. The predicted molar refractivity (Wildman–Crippen MR) is 69.6 cm³/mol. The van der Waals surface area contributed by atoms with Gasteiger partial charge >= 0.3 is 0 Å². The van der Waals surface area contributed by atoms with Gasteiger partial charge in [0.15, 0.2) is 5.82 Å². The Kier molecular flexibility index (Phi) is 3.14. The number of aryl methyl sites for hydroxylation is 2. The molecule has 1 N–H and O–H groups in total. The maximum Gasteiger partial charge on any atom is 0.154 e. The lowest BCUT2D eigenvalue weighted by molar-refractivity contribution is 0.319. The van der Waals surface area contributed by atoms with Gasteiger partial charge in [0.1, 0.15) is 0 Å². The van der Waals surface area contributed by atoms with E-state index in [4.69, 9.17) is 5.21 Å². The Morgan fingerprint density at radius 1 is 1.28 bits per heavy atom. The molecule has 0 aliphatic carbocycles. The molecule has 5 nitrogen and oxygen atoms in total. The summed E-state index contributed by atoms with van der Waals surface area (Å²) in [6.07, 6.45) is 1.68. The molecule has 0 bridgehead atoms. The van der Waals surface area contributed by atoms with Crippen LogP contribution in [0.3, 0.4) is 0 Å². The maximum atomic E-state index is 8.82. The molecule has 2 aromatic heterocycles. The van der Waals surface area contributed by atoms with Gasteiger partial charge < -0.3 is 5.21 Å². The average Bonchev–Trinajstić information content (AvgIpc) is 2.69. The second-order valence-corrected chi connectivity index (χ2v) is 4.38. The minimum absolute atomic E-state index is 0.545. The topological polar surface area (TPSA) is 63.3 Å². The van der Waals surface area contributed by atoms with Crippen LogP contribution in [-0.4, -0.2) is 25.7 Å². The monoisotopic (exact) mass is 244 g/mol. The van der Waals surface area contributed by atoms with E-state index in [2.05, 4.69) is 15.2 Å². The Balaban J connectivity index is 2.55. The highest BCUT2D eigenvalue weighted by molar-refractivity contribution is 5.99. The zero-order valence-corrected chi connectivity index (χ0v) is 11.0. The van der Waals surface area contributed by atoms with E-state index in [1.165, 1.54) is 0 Å². The van der Waals surface area contributed by atoms with Gasteiger partial charge in [-0.25, -0.2) is 9.67 Å². The highest BCUT2D eigenvalue weighted by Crippen LogP contribution is 2.15. The van der Waals surface area contributed by atoms with E-state index in [9.17, 15) is 0 Å². The molecule has 5 heteroatoms. The Hall–Kier alpha value is -2.17. The summed E-state index contributed by atoms with van der Waals surface area (Å²) < 4.78 is 1.75. The number of aromatic nitrogens is 3. The molecule has 0 atom stereocenters. The van der Waals surface area contributed by atoms with E-state index >= 15 is 0 Å². The first-order chi connectivity index (χ1) is 8.52. The molecule has 0 aliphatic rings. The molecule has 0 radical (unpaired) electrons. The second-order valence-electron chi connectivity index (χ2n) is 4.38. The molecular weight excluding hydrogens is 228 g/mol. The van der Waals surface area contributed by atoms with Crippen molar-refractivity contribution in [3.05, 3.63) is 40.8 Å². The average molecular weight is 244 g/mol. The van der Waals surface area contributed by atoms with E-state index in [0.29, 0.717) is 5.71 Å². The van der Waals surface area contributed by atoms with Gasteiger partial charge in [-0.05, 0) is 45.4 Å². The van der Waals surface area contributed by atoms with Gasteiger partial charge in [-0.3, -0.25) is 0 Å². The fraction of sp³-hybridized carbons (Fsp3) is 0.308. The van der Waals surface area contributed by atoms with Gasteiger partial charge in [0, 0.05) is 11.3 Å². The Labute approximate surface area is 106 Å². The van der Waals surface area contributed by atoms with Crippen molar-refractivity contribution in [2.75, 3.05) is 0 Å². The number of oxime groups is 1. The molecular formula is C13H16N4O. The molecule has 0 fully saturated rings. The molecule has 18 heavy (non-hydrogen) atoms. The summed E-state index contributed by atoms with van der Waals surface area (Å²) in [6.45, 7) is 7.65. The maximum absolute atomic E-state index is 8.82. The first kappa shape index (κ1) is 12.3. The summed E-state index contributed by atoms with van der Waals surface area (Å²) >= 11 is 0. The van der Waals surface area contributed by atoms with Crippen molar-refractivity contribution in [2.45, 2.75) is 27.7 Å². The summed E-state index contributed by atoms with van der Waals surface area (Å²) in [5.41, 5.74) is 4.36. The van der Waals surface area contributed by atoms with Crippen molar-refractivity contribution in [2.24, 2.45) is 5.16 Å². The Bertz CT molecular complexity index is 593. The summed E-state index contributed by atoms with van der Waals surface area (Å²) in [5.74, 6) is 0.780. The van der Waals surface area contributed by atoms with E-state index in [-0.39, 0.29) is 0 Å².